The number of benzene rings is 1. The molecule has 3 aromatic heterocycles. The number of aryl methyl sites for hydroxylation is 1. The highest BCUT2D eigenvalue weighted by Gasteiger charge is 2.12. The summed E-state index contributed by atoms with van der Waals surface area (Å²) in [6, 6.07) is 8.62. The van der Waals surface area contributed by atoms with Crippen LogP contribution in [0.25, 0.3) is 20.7 Å². The zero-order valence-corrected chi connectivity index (χ0v) is 15.7. The van der Waals surface area contributed by atoms with Gasteiger partial charge >= 0.3 is 0 Å². The molecule has 3 heterocycles. The number of aromatic nitrogens is 4. The van der Waals surface area contributed by atoms with Crippen molar-refractivity contribution >= 4 is 42.9 Å². The fraction of sp³-hybridized carbons (Fsp3) is 0.118. The molecular formula is C17H15N5O2S2. The number of nitrogens with zero attached hydrogens (tertiary/aromatic N) is 4. The zero-order valence-electron chi connectivity index (χ0n) is 14.0. The minimum Gasteiger partial charge on any atom is -0.340 e. The Hall–Kier alpha value is -2.78. The zero-order chi connectivity index (χ0) is 18.3. The van der Waals surface area contributed by atoms with Gasteiger partial charge in [0.05, 0.1) is 16.5 Å². The maximum Gasteiger partial charge on any atom is 0.175 e. The van der Waals surface area contributed by atoms with Crippen LogP contribution in [0.3, 0.4) is 0 Å². The molecule has 0 atom stereocenters. The first kappa shape index (κ1) is 16.7. The predicted octanol–water partition coefficient (Wildman–Crippen LogP) is 3.24. The Kier molecular flexibility index (Phi) is 3.97. The number of hydrogen-bond acceptors (Lipinski definition) is 7. The highest BCUT2D eigenvalue weighted by Crippen LogP contribution is 2.35. The van der Waals surface area contributed by atoms with Crippen molar-refractivity contribution in [2.24, 2.45) is 7.05 Å². The van der Waals surface area contributed by atoms with Gasteiger partial charge in [-0.3, -0.25) is 4.68 Å². The number of nitrogens with one attached hydrogen (secondary N) is 1. The lowest BCUT2D eigenvalue weighted by molar-refractivity contribution is 0.602. The van der Waals surface area contributed by atoms with E-state index in [9.17, 15) is 8.42 Å². The van der Waals surface area contributed by atoms with Crippen LogP contribution in [-0.4, -0.2) is 34.4 Å². The van der Waals surface area contributed by atoms with Gasteiger partial charge in [-0.05, 0) is 30.3 Å². The number of anilines is 2. The van der Waals surface area contributed by atoms with E-state index in [2.05, 4.69) is 20.4 Å². The number of hydrogen-bond donors (Lipinski definition) is 1. The molecule has 26 heavy (non-hydrogen) atoms. The van der Waals surface area contributed by atoms with Crippen LogP contribution < -0.4 is 5.32 Å². The van der Waals surface area contributed by atoms with Crippen molar-refractivity contribution in [3.05, 3.63) is 49.1 Å². The van der Waals surface area contributed by atoms with Gasteiger partial charge in [-0.15, -0.1) is 11.3 Å². The Morgan fingerprint density at radius 2 is 1.92 bits per heavy atom. The number of rotatable bonds is 4. The molecule has 0 aliphatic heterocycles. The summed E-state index contributed by atoms with van der Waals surface area (Å²) >= 11 is 1.57. The molecule has 0 aliphatic carbocycles. The molecule has 1 N–H and O–H groups in total. The quantitative estimate of drug-likeness (QED) is 0.580. The van der Waals surface area contributed by atoms with E-state index >= 15 is 0 Å². The molecule has 4 rings (SSSR count). The van der Waals surface area contributed by atoms with Gasteiger partial charge in [-0.1, -0.05) is 0 Å². The molecule has 0 amide bonds. The Balaban J connectivity index is 1.69. The molecule has 1 aromatic carbocycles. The second-order valence-corrected chi connectivity index (χ2v) is 8.92. The third kappa shape index (κ3) is 3.18. The van der Waals surface area contributed by atoms with Gasteiger partial charge in [0.15, 0.2) is 9.84 Å². The standard InChI is InChI=1S/C17H15N5O2S2/c1-22-9-11(8-20-22)15-7-14-16(18-10-19-17(14)25-15)21-12-3-5-13(6-4-12)26(2,23)24/h3-10H,1-2H3,(H,18,19,21). The fourth-order valence-electron chi connectivity index (χ4n) is 2.57. The summed E-state index contributed by atoms with van der Waals surface area (Å²) in [7, 11) is -1.33. The van der Waals surface area contributed by atoms with Gasteiger partial charge in [-0.25, -0.2) is 18.4 Å². The van der Waals surface area contributed by atoms with Gasteiger partial charge in [0.1, 0.15) is 17.0 Å². The summed E-state index contributed by atoms with van der Waals surface area (Å²) in [5.74, 6) is 0.675. The molecule has 0 unspecified atom stereocenters. The third-order valence-electron chi connectivity index (χ3n) is 3.86. The van der Waals surface area contributed by atoms with E-state index in [0.29, 0.717) is 5.82 Å². The van der Waals surface area contributed by atoms with Crippen LogP contribution in [0.5, 0.6) is 0 Å². The monoisotopic (exact) mass is 385 g/mol. The second-order valence-electron chi connectivity index (χ2n) is 5.88. The lowest BCUT2D eigenvalue weighted by Gasteiger charge is -2.07. The summed E-state index contributed by atoms with van der Waals surface area (Å²) < 4.78 is 24.9. The van der Waals surface area contributed by atoms with Crippen LogP contribution in [0.4, 0.5) is 11.5 Å². The second kappa shape index (κ2) is 6.19. The third-order valence-corrected chi connectivity index (χ3v) is 6.08. The first-order valence-electron chi connectivity index (χ1n) is 7.71. The van der Waals surface area contributed by atoms with Crippen LogP contribution in [0.1, 0.15) is 0 Å². The first-order valence-corrected chi connectivity index (χ1v) is 10.4. The Bertz CT molecular complexity index is 1190. The topological polar surface area (TPSA) is 89.8 Å². The normalized spacial score (nSPS) is 11.8. The Morgan fingerprint density at radius 3 is 2.58 bits per heavy atom. The molecule has 0 saturated heterocycles. The van der Waals surface area contributed by atoms with Gasteiger partial charge in [-0.2, -0.15) is 5.10 Å². The summed E-state index contributed by atoms with van der Waals surface area (Å²) in [6.45, 7) is 0. The van der Waals surface area contributed by atoms with E-state index in [-0.39, 0.29) is 4.90 Å². The van der Waals surface area contributed by atoms with E-state index < -0.39 is 9.84 Å². The molecule has 0 bridgehead atoms. The minimum atomic E-state index is -3.21. The largest absolute Gasteiger partial charge is 0.340 e. The number of sulfone groups is 1. The van der Waals surface area contributed by atoms with Crippen molar-refractivity contribution in [1.82, 2.24) is 19.7 Å². The van der Waals surface area contributed by atoms with Crippen molar-refractivity contribution in [3.63, 3.8) is 0 Å². The molecular weight excluding hydrogens is 370 g/mol. The van der Waals surface area contributed by atoms with Crippen LogP contribution in [0.15, 0.2) is 53.9 Å². The van der Waals surface area contributed by atoms with Crippen molar-refractivity contribution in [2.75, 3.05) is 11.6 Å². The lowest BCUT2D eigenvalue weighted by atomic mass is 10.2. The van der Waals surface area contributed by atoms with E-state index in [0.717, 1.165) is 26.3 Å². The summed E-state index contributed by atoms with van der Waals surface area (Å²) in [5, 5.41) is 8.35. The van der Waals surface area contributed by atoms with Gasteiger partial charge in [0.25, 0.3) is 0 Å². The first-order chi connectivity index (χ1) is 12.4. The number of thiophene rings is 1. The van der Waals surface area contributed by atoms with Crippen LogP contribution in [0.2, 0.25) is 0 Å². The van der Waals surface area contributed by atoms with Gasteiger partial charge in [0, 0.05) is 35.6 Å². The molecule has 0 radical (unpaired) electrons. The molecule has 0 fully saturated rings. The van der Waals surface area contributed by atoms with Crippen molar-refractivity contribution in [2.45, 2.75) is 4.90 Å². The van der Waals surface area contributed by atoms with Crippen molar-refractivity contribution in [1.29, 1.82) is 0 Å². The van der Waals surface area contributed by atoms with Crippen molar-refractivity contribution < 1.29 is 8.42 Å². The lowest BCUT2D eigenvalue weighted by Crippen LogP contribution is -1.98. The van der Waals surface area contributed by atoms with Gasteiger partial charge in [0.2, 0.25) is 0 Å². The average molecular weight is 385 g/mol. The molecule has 0 spiro atoms. The molecule has 0 saturated carbocycles. The average Bonchev–Trinajstić information content (AvgIpc) is 3.21. The van der Waals surface area contributed by atoms with Crippen molar-refractivity contribution in [3.8, 4) is 10.4 Å². The minimum absolute atomic E-state index is 0.283. The maximum atomic E-state index is 11.6. The molecule has 9 heteroatoms. The molecule has 0 aliphatic rings. The molecule has 7 nitrogen and oxygen atoms in total. The van der Waals surface area contributed by atoms with Crippen LogP contribution in [-0.2, 0) is 16.9 Å². The van der Waals surface area contributed by atoms with E-state index in [1.165, 1.54) is 12.6 Å². The van der Waals surface area contributed by atoms with Crippen LogP contribution in [0, 0.1) is 0 Å². The highest BCUT2D eigenvalue weighted by molar-refractivity contribution is 7.90. The van der Waals surface area contributed by atoms with E-state index in [4.69, 9.17) is 0 Å². The van der Waals surface area contributed by atoms with Crippen LogP contribution >= 0.6 is 11.3 Å². The van der Waals surface area contributed by atoms with Gasteiger partial charge < -0.3 is 5.32 Å². The summed E-state index contributed by atoms with van der Waals surface area (Å²) in [5.41, 5.74) is 1.78. The fourth-order valence-corrected chi connectivity index (χ4v) is 4.17. The number of fused-ring (bicyclic) bond motifs is 1. The molecule has 4 aromatic rings. The van der Waals surface area contributed by atoms with E-state index in [1.54, 1.807) is 40.3 Å². The highest BCUT2D eigenvalue weighted by atomic mass is 32.2. The maximum absolute atomic E-state index is 11.6. The Labute approximate surface area is 154 Å². The summed E-state index contributed by atoms with van der Waals surface area (Å²) in [4.78, 5) is 10.9. The predicted molar refractivity (Wildman–Crippen MR) is 102 cm³/mol. The summed E-state index contributed by atoms with van der Waals surface area (Å²) in [6.07, 6.45) is 6.47. The molecule has 132 valence electrons. The smallest absolute Gasteiger partial charge is 0.175 e. The Morgan fingerprint density at radius 1 is 1.15 bits per heavy atom. The van der Waals surface area contributed by atoms with E-state index in [1.807, 2.05) is 25.5 Å². The SMILES string of the molecule is Cn1cc(-c2cc3c(Nc4ccc(S(C)(=O)=O)cc4)ncnc3s2)cn1.